The minimum atomic E-state index is -0.966. The summed E-state index contributed by atoms with van der Waals surface area (Å²) in [6.45, 7) is 3.71. The standard InChI is InChI=1S/C14H21NO4/c1-9(2)10(7-12(17)18)15-11(16)8-14(13(15)19)5-3-4-6-14/h9-10H,3-8H2,1-2H3,(H,17,18). The molecule has 0 bridgehead atoms. The lowest BCUT2D eigenvalue weighted by molar-refractivity contribution is -0.147. The van der Waals surface area contributed by atoms with Crippen molar-refractivity contribution in [1.29, 1.82) is 0 Å². The molecule has 1 heterocycles. The number of nitrogens with zero attached hydrogens (tertiary/aromatic N) is 1. The maximum Gasteiger partial charge on any atom is 0.305 e. The second-order valence-electron chi connectivity index (χ2n) is 6.14. The first-order chi connectivity index (χ1) is 8.87. The smallest absolute Gasteiger partial charge is 0.305 e. The molecule has 1 atom stereocenters. The largest absolute Gasteiger partial charge is 0.481 e. The van der Waals surface area contributed by atoms with Crippen molar-refractivity contribution >= 4 is 17.8 Å². The van der Waals surface area contributed by atoms with Crippen LogP contribution in [0.2, 0.25) is 0 Å². The predicted molar refractivity (Wildman–Crippen MR) is 68.2 cm³/mol. The Morgan fingerprint density at radius 2 is 1.89 bits per heavy atom. The van der Waals surface area contributed by atoms with Gasteiger partial charge in [0.2, 0.25) is 11.8 Å². The fourth-order valence-electron chi connectivity index (χ4n) is 3.40. The van der Waals surface area contributed by atoms with Gasteiger partial charge in [-0.15, -0.1) is 0 Å². The lowest BCUT2D eigenvalue weighted by Crippen LogP contribution is -2.45. The third kappa shape index (κ3) is 2.38. The van der Waals surface area contributed by atoms with E-state index >= 15 is 0 Å². The SMILES string of the molecule is CC(C)C(CC(=O)O)N1C(=O)CC2(CCCC2)C1=O. The number of hydrogen-bond acceptors (Lipinski definition) is 3. The fraction of sp³-hybridized carbons (Fsp3) is 0.786. The maximum atomic E-state index is 12.6. The Morgan fingerprint density at radius 1 is 1.32 bits per heavy atom. The first-order valence-electron chi connectivity index (χ1n) is 6.96. The van der Waals surface area contributed by atoms with E-state index in [9.17, 15) is 14.4 Å². The Labute approximate surface area is 113 Å². The molecule has 106 valence electrons. The minimum absolute atomic E-state index is 0.0412. The van der Waals surface area contributed by atoms with Gasteiger partial charge in [-0.25, -0.2) is 0 Å². The molecular weight excluding hydrogens is 246 g/mol. The van der Waals surface area contributed by atoms with Crippen LogP contribution in [0.15, 0.2) is 0 Å². The van der Waals surface area contributed by atoms with Gasteiger partial charge in [-0.3, -0.25) is 19.3 Å². The molecule has 1 spiro atoms. The van der Waals surface area contributed by atoms with Gasteiger partial charge in [0.1, 0.15) is 0 Å². The summed E-state index contributed by atoms with van der Waals surface area (Å²) in [6, 6.07) is -0.516. The molecule has 1 N–H and O–H groups in total. The summed E-state index contributed by atoms with van der Waals surface area (Å²) < 4.78 is 0. The van der Waals surface area contributed by atoms with Crippen LogP contribution >= 0.6 is 0 Å². The highest BCUT2D eigenvalue weighted by molar-refractivity contribution is 6.06. The van der Waals surface area contributed by atoms with E-state index in [0.717, 1.165) is 25.7 Å². The first kappa shape index (κ1) is 14.0. The Hall–Kier alpha value is -1.39. The van der Waals surface area contributed by atoms with E-state index < -0.39 is 17.4 Å². The van der Waals surface area contributed by atoms with Crippen LogP contribution in [-0.2, 0) is 14.4 Å². The van der Waals surface area contributed by atoms with E-state index in [-0.39, 0.29) is 30.6 Å². The molecule has 2 amide bonds. The topological polar surface area (TPSA) is 74.7 Å². The highest BCUT2D eigenvalue weighted by Crippen LogP contribution is 2.48. The summed E-state index contributed by atoms with van der Waals surface area (Å²) in [5.41, 5.74) is -0.511. The molecule has 1 unspecified atom stereocenters. The summed E-state index contributed by atoms with van der Waals surface area (Å²) in [7, 11) is 0. The van der Waals surface area contributed by atoms with Gasteiger partial charge >= 0.3 is 5.97 Å². The lowest BCUT2D eigenvalue weighted by atomic mass is 9.84. The number of aliphatic carboxylic acids is 1. The van der Waals surface area contributed by atoms with Crippen LogP contribution in [0.4, 0.5) is 0 Å². The third-order valence-corrected chi connectivity index (χ3v) is 4.48. The van der Waals surface area contributed by atoms with E-state index in [1.807, 2.05) is 13.8 Å². The van der Waals surface area contributed by atoms with E-state index in [1.54, 1.807) is 0 Å². The molecule has 0 aromatic carbocycles. The molecule has 1 aliphatic carbocycles. The Balaban J connectivity index is 2.25. The van der Waals surface area contributed by atoms with Gasteiger partial charge in [-0.1, -0.05) is 26.7 Å². The second-order valence-corrected chi connectivity index (χ2v) is 6.14. The first-order valence-corrected chi connectivity index (χ1v) is 6.96. The van der Waals surface area contributed by atoms with Crippen LogP contribution in [0.25, 0.3) is 0 Å². The van der Waals surface area contributed by atoms with Gasteiger partial charge < -0.3 is 5.11 Å². The molecule has 5 nitrogen and oxygen atoms in total. The monoisotopic (exact) mass is 267 g/mol. The van der Waals surface area contributed by atoms with E-state index in [2.05, 4.69) is 0 Å². The zero-order valence-corrected chi connectivity index (χ0v) is 11.5. The van der Waals surface area contributed by atoms with Crippen molar-refractivity contribution in [2.75, 3.05) is 0 Å². The number of hydrogen-bond donors (Lipinski definition) is 1. The number of carbonyl (C=O) groups is 3. The van der Waals surface area contributed by atoms with Gasteiger partial charge in [-0.2, -0.15) is 0 Å². The molecule has 0 aromatic rings. The molecule has 2 aliphatic rings. The number of carboxylic acids is 1. The molecule has 2 fully saturated rings. The lowest BCUT2D eigenvalue weighted by Gasteiger charge is -2.30. The van der Waals surface area contributed by atoms with Gasteiger partial charge in [0.15, 0.2) is 0 Å². The van der Waals surface area contributed by atoms with E-state index in [4.69, 9.17) is 5.11 Å². The van der Waals surface area contributed by atoms with Crippen molar-refractivity contribution in [3.05, 3.63) is 0 Å². The van der Waals surface area contributed by atoms with Crippen LogP contribution < -0.4 is 0 Å². The highest BCUT2D eigenvalue weighted by atomic mass is 16.4. The zero-order chi connectivity index (χ0) is 14.2. The number of imide groups is 1. The number of rotatable bonds is 4. The normalized spacial score (nSPS) is 23.6. The number of likely N-dealkylation sites (tertiary alicyclic amines) is 1. The Kier molecular flexibility index (Phi) is 3.65. The molecule has 0 aromatic heterocycles. The molecule has 0 radical (unpaired) electrons. The number of amides is 2. The summed E-state index contributed by atoms with van der Waals surface area (Å²) in [6.07, 6.45) is 3.62. The second kappa shape index (κ2) is 4.94. The van der Waals surface area contributed by atoms with Gasteiger partial charge in [0.25, 0.3) is 0 Å². The minimum Gasteiger partial charge on any atom is -0.481 e. The Bertz CT molecular complexity index is 410. The summed E-state index contributed by atoms with van der Waals surface area (Å²) in [5, 5.41) is 8.97. The zero-order valence-electron chi connectivity index (χ0n) is 11.5. The average Bonchev–Trinajstić information content (AvgIpc) is 2.84. The van der Waals surface area contributed by atoms with Gasteiger partial charge in [-0.05, 0) is 18.8 Å². The van der Waals surface area contributed by atoms with Crippen molar-refractivity contribution in [2.24, 2.45) is 11.3 Å². The number of carboxylic acid groups (broad SMARTS) is 1. The molecule has 19 heavy (non-hydrogen) atoms. The summed E-state index contributed by atoms with van der Waals surface area (Å²) in [4.78, 5) is 37.0. The predicted octanol–water partition coefficient (Wildman–Crippen LogP) is 1.80. The summed E-state index contributed by atoms with van der Waals surface area (Å²) >= 11 is 0. The molecule has 2 rings (SSSR count). The molecule has 1 saturated heterocycles. The van der Waals surface area contributed by atoms with Crippen LogP contribution in [0.5, 0.6) is 0 Å². The van der Waals surface area contributed by atoms with Gasteiger partial charge in [0.05, 0.1) is 17.9 Å². The quantitative estimate of drug-likeness (QED) is 0.788. The molecular formula is C14H21NO4. The number of carbonyl (C=O) groups excluding carboxylic acids is 2. The highest BCUT2D eigenvalue weighted by Gasteiger charge is 2.54. The van der Waals surface area contributed by atoms with Gasteiger partial charge in [0, 0.05) is 6.42 Å². The van der Waals surface area contributed by atoms with Crippen molar-refractivity contribution in [3.8, 4) is 0 Å². The van der Waals surface area contributed by atoms with E-state index in [1.165, 1.54) is 4.90 Å². The third-order valence-electron chi connectivity index (χ3n) is 4.48. The van der Waals surface area contributed by atoms with Crippen LogP contribution in [0.3, 0.4) is 0 Å². The average molecular weight is 267 g/mol. The molecule has 1 aliphatic heterocycles. The van der Waals surface area contributed by atoms with Crippen LogP contribution in [0, 0.1) is 11.3 Å². The van der Waals surface area contributed by atoms with Crippen LogP contribution in [0.1, 0.15) is 52.4 Å². The van der Waals surface area contributed by atoms with Crippen LogP contribution in [-0.4, -0.2) is 33.8 Å². The van der Waals surface area contributed by atoms with E-state index in [0.29, 0.717) is 0 Å². The van der Waals surface area contributed by atoms with Crippen molar-refractivity contribution in [1.82, 2.24) is 4.90 Å². The summed E-state index contributed by atoms with van der Waals surface area (Å²) in [5.74, 6) is -1.32. The van der Waals surface area contributed by atoms with Crippen molar-refractivity contribution < 1.29 is 19.5 Å². The van der Waals surface area contributed by atoms with Crippen molar-refractivity contribution in [3.63, 3.8) is 0 Å². The van der Waals surface area contributed by atoms with Crippen molar-refractivity contribution in [2.45, 2.75) is 58.4 Å². The molecule has 1 saturated carbocycles. The fourth-order valence-corrected chi connectivity index (χ4v) is 3.40. The molecule has 5 heteroatoms. The maximum absolute atomic E-state index is 12.6. The Morgan fingerprint density at radius 3 is 2.37 bits per heavy atom.